The Balaban J connectivity index is 1.57. The Labute approximate surface area is 177 Å². The van der Waals surface area contributed by atoms with Gasteiger partial charge in [0.2, 0.25) is 5.91 Å². The predicted molar refractivity (Wildman–Crippen MR) is 120 cm³/mol. The Bertz CT molecular complexity index is 1240. The van der Waals surface area contributed by atoms with Gasteiger partial charge >= 0.3 is 0 Å². The average molecular weight is 420 g/mol. The molecule has 0 bridgehead atoms. The number of benzene rings is 2. The molecule has 0 radical (unpaired) electrons. The van der Waals surface area contributed by atoms with Crippen LogP contribution in [0.15, 0.2) is 65.0 Å². The summed E-state index contributed by atoms with van der Waals surface area (Å²) in [5, 5.41) is 5.28. The fourth-order valence-electron chi connectivity index (χ4n) is 3.18. The van der Waals surface area contributed by atoms with Crippen LogP contribution in [0.25, 0.3) is 21.3 Å². The van der Waals surface area contributed by atoms with Gasteiger partial charge in [-0.2, -0.15) is 0 Å². The molecule has 152 valence electrons. The van der Waals surface area contributed by atoms with Crippen LogP contribution in [0.2, 0.25) is 0 Å². The highest BCUT2D eigenvalue weighted by Crippen LogP contribution is 2.30. The van der Waals surface area contributed by atoms with Crippen molar-refractivity contribution in [1.82, 2.24) is 9.55 Å². The molecule has 2 heterocycles. The van der Waals surface area contributed by atoms with Gasteiger partial charge in [0.1, 0.15) is 17.1 Å². The molecule has 1 N–H and O–H groups in total. The number of nitrogens with zero attached hydrogens (tertiary/aromatic N) is 2. The van der Waals surface area contributed by atoms with Crippen molar-refractivity contribution in [3.8, 4) is 16.9 Å². The van der Waals surface area contributed by atoms with E-state index in [1.165, 1.54) is 22.2 Å². The molecule has 2 aromatic heterocycles. The Morgan fingerprint density at radius 3 is 2.57 bits per heavy atom. The van der Waals surface area contributed by atoms with E-state index in [9.17, 15) is 9.59 Å². The van der Waals surface area contributed by atoms with E-state index in [-0.39, 0.29) is 18.0 Å². The lowest BCUT2D eigenvalue weighted by Crippen LogP contribution is -2.27. The molecule has 4 aromatic rings. The van der Waals surface area contributed by atoms with Crippen molar-refractivity contribution in [2.75, 3.05) is 11.9 Å². The Kier molecular flexibility index (Phi) is 5.63. The van der Waals surface area contributed by atoms with Crippen LogP contribution >= 0.6 is 11.3 Å². The minimum Gasteiger partial charge on any atom is -0.494 e. The van der Waals surface area contributed by atoms with Crippen LogP contribution in [0.4, 0.5) is 5.69 Å². The van der Waals surface area contributed by atoms with Gasteiger partial charge in [0.25, 0.3) is 5.56 Å². The number of aryl methyl sites for hydroxylation is 1. The molecule has 6 nitrogen and oxygen atoms in total. The first-order chi connectivity index (χ1) is 14.5. The van der Waals surface area contributed by atoms with Crippen molar-refractivity contribution in [3.05, 3.63) is 76.2 Å². The number of ether oxygens (including phenoxy) is 1. The second-order valence-electron chi connectivity index (χ2n) is 6.88. The second-order valence-corrected chi connectivity index (χ2v) is 7.74. The van der Waals surface area contributed by atoms with Crippen LogP contribution < -0.4 is 15.6 Å². The lowest BCUT2D eigenvalue weighted by Gasteiger charge is -2.09. The van der Waals surface area contributed by atoms with Crippen molar-refractivity contribution >= 4 is 33.1 Å². The first-order valence-corrected chi connectivity index (χ1v) is 10.5. The molecule has 0 fully saturated rings. The summed E-state index contributed by atoms with van der Waals surface area (Å²) in [6.07, 6.45) is 1.43. The number of rotatable bonds is 6. The molecule has 1 amide bonds. The SMILES string of the molecule is CCOc1ccc(NC(=O)Cn2cnc3scc(-c4ccc(C)cc4)c3c2=O)cc1. The summed E-state index contributed by atoms with van der Waals surface area (Å²) in [5.74, 6) is 0.442. The zero-order valence-corrected chi connectivity index (χ0v) is 17.5. The summed E-state index contributed by atoms with van der Waals surface area (Å²) in [6, 6.07) is 15.1. The fraction of sp³-hybridized carbons (Fsp3) is 0.174. The van der Waals surface area contributed by atoms with Crippen molar-refractivity contribution < 1.29 is 9.53 Å². The molecule has 0 aliphatic heterocycles. The third-order valence-corrected chi connectivity index (χ3v) is 5.57. The van der Waals surface area contributed by atoms with Crippen LogP contribution in [-0.4, -0.2) is 22.1 Å². The zero-order chi connectivity index (χ0) is 21.1. The number of aromatic nitrogens is 2. The van der Waals surface area contributed by atoms with E-state index in [4.69, 9.17) is 4.74 Å². The first kappa shape index (κ1) is 19.8. The molecule has 0 aliphatic rings. The van der Waals surface area contributed by atoms with E-state index in [1.54, 1.807) is 24.3 Å². The quantitative estimate of drug-likeness (QED) is 0.500. The Morgan fingerprint density at radius 2 is 1.87 bits per heavy atom. The van der Waals surface area contributed by atoms with Gasteiger partial charge in [0.05, 0.1) is 18.3 Å². The highest BCUT2D eigenvalue weighted by Gasteiger charge is 2.15. The molecular weight excluding hydrogens is 398 g/mol. The highest BCUT2D eigenvalue weighted by atomic mass is 32.1. The minimum absolute atomic E-state index is 0.113. The van der Waals surface area contributed by atoms with E-state index in [1.807, 2.05) is 43.5 Å². The lowest BCUT2D eigenvalue weighted by molar-refractivity contribution is -0.116. The largest absolute Gasteiger partial charge is 0.494 e. The average Bonchev–Trinajstić information content (AvgIpc) is 3.17. The molecule has 0 saturated heterocycles. The van der Waals surface area contributed by atoms with Gasteiger partial charge in [-0.3, -0.25) is 14.2 Å². The summed E-state index contributed by atoms with van der Waals surface area (Å²) >= 11 is 1.43. The summed E-state index contributed by atoms with van der Waals surface area (Å²) in [4.78, 5) is 30.6. The van der Waals surface area contributed by atoms with Gasteiger partial charge in [0.15, 0.2) is 0 Å². The van der Waals surface area contributed by atoms with Crippen molar-refractivity contribution in [2.45, 2.75) is 20.4 Å². The summed E-state index contributed by atoms with van der Waals surface area (Å²) in [6.45, 7) is 4.40. The number of nitrogens with one attached hydrogen (secondary N) is 1. The molecule has 0 spiro atoms. The van der Waals surface area contributed by atoms with Gasteiger partial charge < -0.3 is 10.1 Å². The maximum Gasteiger partial charge on any atom is 0.263 e. The maximum atomic E-state index is 13.1. The number of carbonyl (C=O) groups is 1. The van der Waals surface area contributed by atoms with Gasteiger partial charge in [-0.25, -0.2) is 4.98 Å². The summed E-state index contributed by atoms with van der Waals surface area (Å²) < 4.78 is 6.74. The molecule has 0 aliphatic carbocycles. The molecular formula is C23H21N3O3S. The third kappa shape index (κ3) is 4.11. The molecule has 2 aromatic carbocycles. The molecule has 0 unspecified atom stereocenters. The second kappa shape index (κ2) is 8.51. The van der Waals surface area contributed by atoms with E-state index in [0.717, 1.165) is 22.4 Å². The normalized spacial score (nSPS) is 10.9. The number of hydrogen-bond donors (Lipinski definition) is 1. The van der Waals surface area contributed by atoms with Crippen molar-refractivity contribution in [3.63, 3.8) is 0 Å². The van der Waals surface area contributed by atoms with Gasteiger partial charge in [-0.05, 0) is 43.7 Å². The number of carbonyl (C=O) groups excluding carboxylic acids is 1. The van der Waals surface area contributed by atoms with Crippen molar-refractivity contribution in [1.29, 1.82) is 0 Å². The highest BCUT2D eigenvalue weighted by molar-refractivity contribution is 7.17. The van der Waals surface area contributed by atoms with Crippen molar-refractivity contribution in [2.24, 2.45) is 0 Å². The Hall–Kier alpha value is -3.45. The van der Waals surface area contributed by atoms with E-state index in [2.05, 4.69) is 10.3 Å². The first-order valence-electron chi connectivity index (χ1n) is 9.61. The van der Waals surface area contributed by atoms with Crippen LogP contribution in [0, 0.1) is 6.92 Å². The fourth-order valence-corrected chi connectivity index (χ4v) is 4.09. The monoisotopic (exact) mass is 419 g/mol. The number of fused-ring (bicyclic) bond motifs is 1. The molecule has 4 rings (SSSR count). The van der Waals surface area contributed by atoms with E-state index >= 15 is 0 Å². The molecule has 30 heavy (non-hydrogen) atoms. The van der Waals surface area contributed by atoms with Crippen LogP contribution in [0.3, 0.4) is 0 Å². The van der Waals surface area contributed by atoms with Crippen LogP contribution in [0.5, 0.6) is 5.75 Å². The van der Waals surface area contributed by atoms with E-state index in [0.29, 0.717) is 22.5 Å². The minimum atomic E-state index is -0.297. The van der Waals surface area contributed by atoms with Gasteiger partial charge in [0, 0.05) is 16.6 Å². The number of thiophene rings is 1. The Morgan fingerprint density at radius 1 is 1.13 bits per heavy atom. The summed E-state index contributed by atoms with van der Waals surface area (Å²) in [7, 11) is 0. The maximum absolute atomic E-state index is 13.1. The van der Waals surface area contributed by atoms with Gasteiger partial charge in [-0.15, -0.1) is 11.3 Å². The zero-order valence-electron chi connectivity index (χ0n) is 16.7. The molecule has 0 atom stereocenters. The number of hydrogen-bond acceptors (Lipinski definition) is 5. The predicted octanol–water partition coefficient (Wildman–Crippen LogP) is 4.47. The lowest BCUT2D eigenvalue weighted by atomic mass is 10.1. The third-order valence-electron chi connectivity index (χ3n) is 4.69. The smallest absolute Gasteiger partial charge is 0.263 e. The van der Waals surface area contributed by atoms with Crippen LogP contribution in [-0.2, 0) is 11.3 Å². The number of anilines is 1. The molecule has 0 saturated carbocycles. The standard InChI is InChI=1S/C23H21N3O3S/c1-3-29-18-10-8-17(9-11-18)25-20(27)12-26-14-24-22-21(23(26)28)19(13-30-22)16-6-4-15(2)5-7-16/h4-11,13-14H,3,12H2,1-2H3,(H,25,27). The summed E-state index contributed by atoms with van der Waals surface area (Å²) in [5.41, 5.74) is 3.37. The molecule has 7 heteroatoms. The number of amides is 1. The van der Waals surface area contributed by atoms with Gasteiger partial charge in [-0.1, -0.05) is 29.8 Å². The topological polar surface area (TPSA) is 73.2 Å². The van der Waals surface area contributed by atoms with E-state index < -0.39 is 0 Å². The van der Waals surface area contributed by atoms with Crippen LogP contribution in [0.1, 0.15) is 12.5 Å².